The van der Waals surface area contributed by atoms with E-state index in [2.05, 4.69) is 17.2 Å². The van der Waals surface area contributed by atoms with Gasteiger partial charge in [0.1, 0.15) is 0 Å². The van der Waals surface area contributed by atoms with Gasteiger partial charge in [0.15, 0.2) is 0 Å². The van der Waals surface area contributed by atoms with Crippen LogP contribution in [0.3, 0.4) is 0 Å². The highest BCUT2D eigenvalue weighted by atomic mass is 31.3. The first-order valence-corrected chi connectivity index (χ1v) is 11.3. The second-order valence-corrected chi connectivity index (χ2v) is 10.1. The number of hydrogen-bond donors (Lipinski definition) is 7. The van der Waals surface area contributed by atoms with Crippen molar-refractivity contribution in [2.75, 3.05) is 0 Å². The maximum Gasteiger partial charge on any atom is 0.501 e. The second-order valence-electron chi connectivity index (χ2n) is 2.71. The molecular formula is H7O16P5. The summed E-state index contributed by atoms with van der Waals surface area (Å²) < 4.78 is 66.3. The number of phosphoric acid groups is 5. The first-order valence-electron chi connectivity index (χ1n) is 3.77. The van der Waals surface area contributed by atoms with E-state index < -0.39 is 39.1 Å². The third-order valence-corrected chi connectivity index (χ3v) is 7.43. The topological polar surface area (TPSA) is 264 Å². The zero-order valence-corrected chi connectivity index (χ0v) is 13.5. The molecule has 0 aliphatic heterocycles. The Morgan fingerprint density at radius 3 is 1.00 bits per heavy atom. The zero-order valence-electron chi connectivity index (χ0n) is 9.04. The molecule has 21 heavy (non-hydrogen) atoms. The first kappa shape index (κ1) is 21.7. The molecule has 0 radical (unpaired) electrons. The molecule has 0 aromatic heterocycles. The van der Waals surface area contributed by atoms with Crippen LogP contribution >= 0.6 is 39.1 Å². The van der Waals surface area contributed by atoms with Crippen molar-refractivity contribution < 1.29 is 74.3 Å². The highest BCUT2D eigenvalue weighted by molar-refractivity contribution is 7.72. The van der Waals surface area contributed by atoms with Gasteiger partial charge in [0, 0.05) is 0 Å². The van der Waals surface area contributed by atoms with Crippen LogP contribution in [0.4, 0.5) is 0 Å². The van der Waals surface area contributed by atoms with Gasteiger partial charge >= 0.3 is 39.1 Å². The van der Waals surface area contributed by atoms with Crippen LogP contribution in [0, 0.1) is 0 Å². The van der Waals surface area contributed by atoms with Gasteiger partial charge < -0.3 is 34.3 Å². The molecule has 128 valence electrons. The lowest BCUT2D eigenvalue weighted by atomic mass is 15.7. The van der Waals surface area contributed by atoms with E-state index in [0.717, 1.165) is 0 Å². The molecule has 7 N–H and O–H groups in total. The molecule has 0 rings (SSSR count). The Bertz CT molecular complexity index is 562. The van der Waals surface area contributed by atoms with E-state index >= 15 is 0 Å². The van der Waals surface area contributed by atoms with Crippen LogP contribution in [0.25, 0.3) is 0 Å². The maximum absolute atomic E-state index is 11.4. The highest BCUT2D eigenvalue weighted by Gasteiger charge is 2.49. The van der Waals surface area contributed by atoms with E-state index in [4.69, 9.17) is 34.3 Å². The summed E-state index contributed by atoms with van der Waals surface area (Å²) >= 11 is 0. The summed E-state index contributed by atoms with van der Waals surface area (Å²) in [5, 5.41) is 0. The molecule has 0 heterocycles. The van der Waals surface area contributed by atoms with Crippen LogP contribution in [0.1, 0.15) is 0 Å². The molecule has 0 saturated heterocycles. The van der Waals surface area contributed by atoms with E-state index in [1.54, 1.807) is 0 Å². The van der Waals surface area contributed by atoms with Gasteiger partial charge in [0.25, 0.3) is 0 Å². The van der Waals surface area contributed by atoms with Gasteiger partial charge in [-0.2, -0.15) is 17.2 Å². The van der Waals surface area contributed by atoms with Crippen molar-refractivity contribution in [3.8, 4) is 0 Å². The molecule has 0 amide bonds. The molecule has 0 aliphatic rings. The first-order chi connectivity index (χ1) is 8.83. The van der Waals surface area contributed by atoms with Gasteiger partial charge in [-0.3, -0.25) is 0 Å². The fraction of sp³-hybridized carbons (Fsp3) is 0. The maximum atomic E-state index is 11.4. The Morgan fingerprint density at radius 1 is 0.476 bits per heavy atom. The quantitative estimate of drug-likeness (QED) is 0.246. The smallest absolute Gasteiger partial charge is 0.302 e. The van der Waals surface area contributed by atoms with Crippen molar-refractivity contribution in [3.05, 3.63) is 0 Å². The van der Waals surface area contributed by atoms with Crippen LogP contribution in [-0.4, -0.2) is 34.3 Å². The SMILES string of the molecule is O=P(O)(O)OP(=O)(O)OP(=O)(OP(=O)(O)O)OP(=O)(O)O. The van der Waals surface area contributed by atoms with Crippen molar-refractivity contribution in [2.45, 2.75) is 0 Å². The summed E-state index contributed by atoms with van der Waals surface area (Å²) in [4.78, 5) is 58.5. The molecule has 0 aliphatic carbocycles. The zero-order chi connectivity index (χ0) is 17.3. The number of hydrogen-bond acceptors (Lipinski definition) is 9. The molecule has 0 bridgehead atoms. The highest BCUT2D eigenvalue weighted by Crippen LogP contribution is 2.75. The van der Waals surface area contributed by atoms with Crippen molar-refractivity contribution in [3.63, 3.8) is 0 Å². The summed E-state index contributed by atoms with van der Waals surface area (Å²) in [6.07, 6.45) is 0. The molecule has 21 heteroatoms. The van der Waals surface area contributed by atoms with Gasteiger partial charge in [-0.05, 0) is 0 Å². The molecule has 0 spiro atoms. The molecule has 0 fully saturated rings. The molecule has 0 aromatic rings. The van der Waals surface area contributed by atoms with Gasteiger partial charge in [-0.15, -0.1) is 0 Å². The lowest BCUT2D eigenvalue weighted by Gasteiger charge is -2.20. The van der Waals surface area contributed by atoms with Crippen LogP contribution in [0.2, 0.25) is 0 Å². The number of rotatable bonds is 8. The van der Waals surface area contributed by atoms with Gasteiger partial charge in [-0.1, -0.05) is 0 Å². The Kier molecular flexibility index (Phi) is 6.90. The lowest BCUT2D eigenvalue weighted by molar-refractivity contribution is 0.184. The summed E-state index contributed by atoms with van der Waals surface area (Å²) in [5.41, 5.74) is 0. The van der Waals surface area contributed by atoms with E-state index in [9.17, 15) is 22.8 Å². The average molecular weight is 418 g/mol. The monoisotopic (exact) mass is 418 g/mol. The molecule has 1 unspecified atom stereocenters. The molecule has 0 aromatic carbocycles. The largest absolute Gasteiger partial charge is 0.501 e. The normalized spacial score (nSPS) is 17.5. The Hall–Kier alpha value is 0.710. The Labute approximate surface area is 114 Å². The minimum Gasteiger partial charge on any atom is -0.302 e. The third kappa shape index (κ3) is 11.9. The second kappa shape index (κ2) is 6.68. The van der Waals surface area contributed by atoms with Crippen molar-refractivity contribution >= 4 is 39.1 Å². The summed E-state index contributed by atoms with van der Waals surface area (Å²) in [6.45, 7) is 0. The predicted octanol–water partition coefficient (Wildman–Crippen LogP) is -0.461. The van der Waals surface area contributed by atoms with E-state index in [0.29, 0.717) is 0 Å². The van der Waals surface area contributed by atoms with Gasteiger partial charge in [-0.25, -0.2) is 22.8 Å². The van der Waals surface area contributed by atoms with Gasteiger partial charge in [0.2, 0.25) is 0 Å². The average Bonchev–Trinajstić information content (AvgIpc) is 1.83. The van der Waals surface area contributed by atoms with E-state index in [-0.39, 0.29) is 0 Å². The lowest BCUT2D eigenvalue weighted by Crippen LogP contribution is -1.99. The molecule has 1 atom stereocenters. The van der Waals surface area contributed by atoms with Gasteiger partial charge in [0.05, 0.1) is 0 Å². The third-order valence-electron chi connectivity index (χ3n) is 0.825. The molecular weight excluding hydrogens is 411 g/mol. The minimum absolute atomic E-state index is 3.07. The van der Waals surface area contributed by atoms with Crippen LogP contribution in [-0.2, 0) is 40.1 Å². The fourth-order valence-electron chi connectivity index (χ4n) is 0.581. The van der Waals surface area contributed by atoms with Crippen LogP contribution in [0.5, 0.6) is 0 Å². The van der Waals surface area contributed by atoms with Crippen LogP contribution < -0.4 is 0 Å². The van der Waals surface area contributed by atoms with Crippen molar-refractivity contribution in [1.29, 1.82) is 0 Å². The van der Waals surface area contributed by atoms with Crippen LogP contribution in [0.15, 0.2) is 0 Å². The van der Waals surface area contributed by atoms with Crippen molar-refractivity contribution in [2.24, 2.45) is 0 Å². The molecule has 16 nitrogen and oxygen atoms in total. The van der Waals surface area contributed by atoms with E-state index in [1.807, 2.05) is 0 Å². The standard InChI is InChI=1S/H7O16P5/c1-17(2,3)13-20(10,11)16-21(12,14-18(4,5)6)15-19(7,8)9/h(H,10,11)(H2,1,2,3)(H2,4,5,6)(H2,7,8,9). The Morgan fingerprint density at radius 2 is 0.762 bits per heavy atom. The molecule has 0 saturated carbocycles. The summed E-state index contributed by atoms with van der Waals surface area (Å²) in [5.74, 6) is 0. The Balaban J connectivity index is 5.49. The summed E-state index contributed by atoms with van der Waals surface area (Å²) in [6, 6.07) is 0. The van der Waals surface area contributed by atoms with E-state index in [1.165, 1.54) is 0 Å². The predicted molar refractivity (Wildman–Crippen MR) is 57.9 cm³/mol. The van der Waals surface area contributed by atoms with Crippen molar-refractivity contribution in [1.82, 2.24) is 0 Å². The fourth-order valence-corrected chi connectivity index (χ4v) is 6.30. The minimum atomic E-state index is -6.18. The summed E-state index contributed by atoms with van der Waals surface area (Å²) in [7, 11) is -29.7.